The second-order valence-electron chi connectivity index (χ2n) is 7.16. The third-order valence-corrected chi connectivity index (χ3v) is 5.76. The largest absolute Gasteiger partial charge is 0.339 e. The van der Waals surface area contributed by atoms with Crippen molar-refractivity contribution in [2.24, 2.45) is 5.73 Å². The van der Waals surface area contributed by atoms with E-state index in [4.69, 9.17) is 17.3 Å². The zero-order chi connectivity index (χ0) is 17.9. The first-order chi connectivity index (χ1) is 12.0. The SMILES string of the molecule is NC1(C(=O)N2CCN(C(=O)Cc3ccccc3Cl)CC2)CCCCC1. The molecule has 1 aliphatic heterocycles. The maximum atomic E-state index is 12.8. The Kier molecular flexibility index (Phi) is 5.64. The first-order valence-electron chi connectivity index (χ1n) is 9.09. The van der Waals surface area contributed by atoms with Crippen LogP contribution in [0.15, 0.2) is 24.3 Å². The fourth-order valence-electron chi connectivity index (χ4n) is 3.79. The van der Waals surface area contributed by atoms with Crippen LogP contribution in [0.2, 0.25) is 5.02 Å². The van der Waals surface area contributed by atoms with Gasteiger partial charge in [-0.25, -0.2) is 0 Å². The number of hydrogen-bond donors (Lipinski definition) is 1. The summed E-state index contributed by atoms with van der Waals surface area (Å²) in [6.45, 7) is 2.24. The molecule has 6 heteroatoms. The molecule has 0 bridgehead atoms. The first-order valence-corrected chi connectivity index (χ1v) is 9.47. The van der Waals surface area contributed by atoms with Crippen LogP contribution < -0.4 is 5.73 Å². The fourth-order valence-corrected chi connectivity index (χ4v) is 3.99. The molecule has 1 saturated heterocycles. The summed E-state index contributed by atoms with van der Waals surface area (Å²) in [4.78, 5) is 28.9. The van der Waals surface area contributed by atoms with Crippen molar-refractivity contribution >= 4 is 23.4 Å². The minimum absolute atomic E-state index is 0.0559. The van der Waals surface area contributed by atoms with Crippen LogP contribution in [0.1, 0.15) is 37.7 Å². The first kappa shape index (κ1) is 18.2. The van der Waals surface area contributed by atoms with E-state index in [2.05, 4.69) is 0 Å². The highest BCUT2D eigenvalue weighted by Gasteiger charge is 2.39. The van der Waals surface area contributed by atoms with Gasteiger partial charge in [-0.3, -0.25) is 9.59 Å². The van der Waals surface area contributed by atoms with Gasteiger partial charge in [0.1, 0.15) is 0 Å². The molecule has 0 unspecified atom stereocenters. The third kappa shape index (κ3) is 4.15. The smallest absolute Gasteiger partial charge is 0.242 e. The van der Waals surface area contributed by atoms with Gasteiger partial charge in [0.15, 0.2) is 0 Å². The van der Waals surface area contributed by atoms with Crippen molar-refractivity contribution in [2.45, 2.75) is 44.1 Å². The molecule has 136 valence electrons. The molecule has 1 aromatic rings. The van der Waals surface area contributed by atoms with E-state index >= 15 is 0 Å². The van der Waals surface area contributed by atoms with Crippen LogP contribution in [0.4, 0.5) is 0 Å². The predicted octanol–water partition coefficient (Wildman–Crippen LogP) is 2.21. The third-order valence-electron chi connectivity index (χ3n) is 5.39. The van der Waals surface area contributed by atoms with E-state index in [1.165, 1.54) is 0 Å². The summed E-state index contributed by atoms with van der Waals surface area (Å²) in [5.41, 5.74) is 6.51. The number of hydrogen-bond acceptors (Lipinski definition) is 3. The van der Waals surface area contributed by atoms with Crippen molar-refractivity contribution < 1.29 is 9.59 Å². The number of carbonyl (C=O) groups is 2. The van der Waals surface area contributed by atoms with Crippen molar-refractivity contribution in [3.63, 3.8) is 0 Å². The van der Waals surface area contributed by atoms with E-state index in [0.717, 1.165) is 37.7 Å². The highest BCUT2D eigenvalue weighted by molar-refractivity contribution is 6.31. The molecule has 2 aliphatic rings. The van der Waals surface area contributed by atoms with E-state index in [9.17, 15) is 9.59 Å². The van der Waals surface area contributed by atoms with Crippen LogP contribution in [-0.2, 0) is 16.0 Å². The van der Waals surface area contributed by atoms with Gasteiger partial charge in [0.25, 0.3) is 0 Å². The molecule has 0 spiro atoms. The summed E-state index contributed by atoms with van der Waals surface area (Å²) < 4.78 is 0. The standard InChI is InChI=1S/C19H26ClN3O2/c20-16-7-3-2-6-15(16)14-17(24)22-10-12-23(13-11-22)18(25)19(21)8-4-1-5-9-19/h2-3,6-7H,1,4-5,8-14,21H2. The van der Waals surface area contributed by atoms with Gasteiger partial charge >= 0.3 is 0 Å². The zero-order valence-corrected chi connectivity index (χ0v) is 15.3. The molecular weight excluding hydrogens is 338 g/mol. The summed E-state index contributed by atoms with van der Waals surface area (Å²) in [5, 5.41) is 0.618. The maximum Gasteiger partial charge on any atom is 0.242 e. The second kappa shape index (κ2) is 7.75. The number of halogens is 1. The Balaban J connectivity index is 1.54. The molecule has 3 rings (SSSR count). The van der Waals surface area contributed by atoms with Gasteiger partial charge in [-0.2, -0.15) is 0 Å². The monoisotopic (exact) mass is 363 g/mol. The lowest BCUT2D eigenvalue weighted by Crippen LogP contribution is -2.60. The summed E-state index contributed by atoms with van der Waals surface area (Å²) in [6.07, 6.45) is 5.07. The molecule has 5 nitrogen and oxygen atoms in total. The minimum atomic E-state index is -0.692. The van der Waals surface area contributed by atoms with E-state index in [1.54, 1.807) is 6.07 Å². The van der Waals surface area contributed by atoms with Gasteiger partial charge in [0, 0.05) is 31.2 Å². The van der Waals surface area contributed by atoms with Crippen LogP contribution in [-0.4, -0.2) is 53.3 Å². The van der Waals surface area contributed by atoms with Crippen molar-refractivity contribution in [3.05, 3.63) is 34.9 Å². The molecular formula is C19H26ClN3O2. The Hall–Kier alpha value is -1.59. The van der Waals surface area contributed by atoms with Crippen molar-refractivity contribution in [1.29, 1.82) is 0 Å². The van der Waals surface area contributed by atoms with Crippen molar-refractivity contribution in [3.8, 4) is 0 Å². The zero-order valence-electron chi connectivity index (χ0n) is 14.5. The molecule has 0 radical (unpaired) electrons. The molecule has 2 N–H and O–H groups in total. The van der Waals surface area contributed by atoms with Crippen molar-refractivity contribution in [2.75, 3.05) is 26.2 Å². The van der Waals surface area contributed by atoms with E-state index in [1.807, 2.05) is 28.0 Å². The molecule has 25 heavy (non-hydrogen) atoms. The highest BCUT2D eigenvalue weighted by Crippen LogP contribution is 2.28. The van der Waals surface area contributed by atoms with Gasteiger partial charge < -0.3 is 15.5 Å². The number of piperazine rings is 1. The molecule has 2 fully saturated rings. The van der Waals surface area contributed by atoms with Crippen LogP contribution in [0.3, 0.4) is 0 Å². The topological polar surface area (TPSA) is 66.6 Å². The van der Waals surface area contributed by atoms with E-state index < -0.39 is 5.54 Å². The van der Waals surface area contributed by atoms with E-state index in [-0.39, 0.29) is 11.8 Å². The van der Waals surface area contributed by atoms with Gasteiger partial charge in [-0.15, -0.1) is 0 Å². The Morgan fingerprint density at radius 1 is 1.00 bits per heavy atom. The normalized spacial score (nSPS) is 20.4. The van der Waals surface area contributed by atoms with Crippen LogP contribution in [0.5, 0.6) is 0 Å². The predicted molar refractivity (Wildman–Crippen MR) is 98.3 cm³/mol. The van der Waals surface area contributed by atoms with E-state index in [0.29, 0.717) is 37.6 Å². The Labute approximate surface area is 154 Å². The number of amides is 2. The van der Waals surface area contributed by atoms with Gasteiger partial charge in [-0.1, -0.05) is 49.1 Å². The molecule has 1 aliphatic carbocycles. The molecule has 1 heterocycles. The highest BCUT2D eigenvalue weighted by atomic mass is 35.5. The molecule has 1 saturated carbocycles. The number of benzene rings is 1. The molecule has 0 aromatic heterocycles. The number of carbonyl (C=O) groups excluding carboxylic acids is 2. The van der Waals surface area contributed by atoms with Gasteiger partial charge in [0.2, 0.25) is 11.8 Å². The van der Waals surface area contributed by atoms with Gasteiger partial charge in [-0.05, 0) is 24.5 Å². The number of rotatable bonds is 3. The average Bonchev–Trinajstić information content (AvgIpc) is 2.64. The quantitative estimate of drug-likeness (QED) is 0.895. The summed E-state index contributed by atoms with van der Waals surface area (Å²) >= 11 is 6.14. The Morgan fingerprint density at radius 2 is 1.60 bits per heavy atom. The van der Waals surface area contributed by atoms with Gasteiger partial charge in [0.05, 0.1) is 12.0 Å². The lowest BCUT2D eigenvalue weighted by atomic mass is 9.81. The number of nitrogens with two attached hydrogens (primary N) is 1. The molecule has 1 aromatic carbocycles. The lowest BCUT2D eigenvalue weighted by Gasteiger charge is -2.41. The summed E-state index contributed by atoms with van der Waals surface area (Å²) in [6, 6.07) is 7.41. The summed E-state index contributed by atoms with van der Waals surface area (Å²) in [7, 11) is 0. The minimum Gasteiger partial charge on any atom is -0.339 e. The second-order valence-corrected chi connectivity index (χ2v) is 7.57. The van der Waals surface area contributed by atoms with Crippen LogP contribution in [0, 0.1) is 0 Å². The molecule has 2 amide bonds. The summed E-state index contributed by atoms with van der Waals surface area (Å²) in [5.74, 6) is 0.116. The molecule has 0 atom stereocenters. The lowest BCUT2D eigenvalue weighted by molar-refractivity contribution is -0.143. The average molecular weight is 364 g/mol. The van der Waals surface area contributed by atoms with Crippen LogP contribution in [0.25, 0.3) is 0 Å². The van der Waals surface area contributed by atoms with Crippen LogP contribution >= 0.6 is 11.6 Å². The van der Waals surface area contributed by atoms with Crippen molar-refractivity contribution in [1.82, 2.24) is 9.80 Å². The Bertz CT molecular complexity index is 635. The Morgan fingerprint density at radius 3 is 2.24 bits per heavy atom. The maximum absolute atomic E-state index is 12.8. The number of nitrogens with zero attached hydrogens (tertiary/aromatic N) is 2. The fraction of sp³-hybridized carbons (Fsp3) is 0.579.